The Morgan fingerprint density at radius 1 is 0.952 bits per heavy atom. The van der Waals surface area contributed by atoms with E-state index in [4.69, 9.17) is 4.55 Å². The average Bonchev–Trinajstić information content (AvgIpc) is 2.45. The van der Waals surface area contributed by atoms with Gasteiger partial charge in [0.15, 0.2) is 0 Å². The molecule has 2 aromatic rings. The molecule has 0 heterocycles. The summed E-state index contributed by atoms with van der Waals surface area (Å²) in [6.45, 7) is 0. The van der Waals surface area contributed by atoms with Crippen molar-refractivity contribution in [2.45, 2.75) is 4.90 Å². The van der Waals surface area contributed by atoms with Gasteiger partial charge in [-0.2, -0.15) is 13.5 Å². The van der Waals surface area contributed by atoms with Crippen LogP contribution in [0.25, 0.3) is 0 Å². The lowest BCUT2D eigenvalue weighted by Gasteiger charge is -2.11. The molecule has 0 atom stereocenters. The van der Waals surface area contributed by atoms with Gasteiger partial charge in [-0.15, -0.1) is 5.11 Å². The SMILES string of the molecule is CN(C)c1ccc(N=Nc2ccccc2S(=O)(=O)O)cc1. The Kier molecular flexibility index (Phi) is 4.35. The van der Waals surface area contributed by atoms with E-state index in [1.165, 1.54) is 18.2 Å². The van der Waals surface area contributed by atoms with Crippen molar-refractivity contribution in [2.75, 3.05) is 19.0 Å². The van der Waals surface area contributed by atoms with E-state index < -0.39 is 10.1 Å². The van der Waals surface area contributed by atoms with E-state index >= 15 is 0 Å². The maximum atomic E-state index is 11.2. The molecule has 0 aliphatic carbocycles. The van der Waals surface area contributed by atoms with Crippen molar-refractivity contribution in [3.05, 3.63) is 48.5 Å². The third-order valence-corrected chi connectivity index (χ3v) is 3.68. The number of hydrogen-bond donors (Lipinski definition) is 1. The molecule has 0 amide bonds. The Morgan fingerprint density at radius 3 is 2.14 bits per heavy atom. The predicted octanol–water partition coefficient (Wildman–Crippen LogP) is 3.41. The molecular weight excluding hydrogens is 290 g/mol. The minimum atomic E-state index is -4.32. The minimum absolute atomic E-state index is 0.0942. The van der Waals surface area contributed by atoms with Gasteiger partial charge in [-0.05, 0) is 36.4 Å². The Balaban J connectivity index is 2.30. The molecule has 21 heavy (non-hydrogen) atoms. The van der Waals surface area contributed by atoms with Gasteiger partial charge in [0.2, 0.25) is 0 Å². The molecule has 0 radical (unpaired) electrons. The van der Waals surface area contributed by atoms with Crippen LogP contribution in [0.15, 0.2) is 63.7 Å². The maximum Gasteiger partial charge on any atom is 0.296 e. The Morgan fingerprint density at radius 2 is 1.57 bits per heavy atom. The fraction of sp³-hybridized carbons (Fsp3) is 0.143. The first-order chi connectivity index (χ1) is 9.88. The minimum Gasteiger partial charge on any atom is -0.378 e. The molecule has 0 aliphatic rings. The summed E-state index contributed by atoms with van der Waals surface area (Å²) in [6.07, 6.45) is 0. The molecular formula is C14H15N3O3S. The van der Waals surface area contributed by atoms with E-state index in [2.05, 4.69) is 10.2 Å². The molecule has 7 heteroatoms. The number of rotatable bonds is 4. The van der Waals surface area contributed by atoms with Gasteiger partial charge in [-0.3, -0.25) is 4.55 Å². The Labute approximate surface area is 123 Å². The van der Waals surface area contributed by atoms with Gasteiger partial charge in [0.1, 0.15) is 10.6 Å². The topological polar surface area (TPSA) is 82.3 Å². The summed E-state index contributed by atoms with van der Waals surface area (Å²) in [5.41, 5.74) is 1.70. The first-order valence-corrected chi connectivity index (χ1v) is 7.57. The molecule has 0 aliphatic heterocycles. The molecule has 0 fully saturated rings. The molecule has 2 aromatic carbocycles. The van der Waals surface area contributed by atoms with Crippen LogP contribution in [0.2, 0.25) is 0 Å². The quantitative estimate of drug-likeness (QED) is 0.693. The fourth-order valence-electron chi connectivity index (χ4n) is 1.69. The lowest BCUT2D eigenvalue weighted by Crippen LogP contribution is -2.07. The molecule has 0 saturated heterocycles. The summed E-state index contributed by atoms with van der Waals surface area (Å²) >= 11 is 0. The van der Waals surface area contributed by atoms with Crippen LogP contribution < -0.4 is 4.90 Å². The first kappa shape index (κ1) is 15.1. The van der Waals surface area contributed by atoms with Crippen LogP contribution in [0, 0.1) is 0 Å². The van der Waals surface area contributed by atoms with Gasteiger partial charge in [0, 0.05) is 19.8 Å². The third-order valence-electron chi connectivity index (χ3n) is 2.78. The van der Waals surface area contributed by atoms with Gasteiger partial charge < -0.3 is 4.90 Å². The lowest BCUT2D eigenvalue weighted by atomic mass is 10.3. The van der Waals surface area contributed by atoms with Crippen LogP contribution in [0.4, 0.5) is 17.1 Å². The van der Waals surface area contributed by atoms with Crippen LogP contribution in [-0.4, -0.2) is 27.1 Å². The standard InChI is InChI=1S/C14H15N3O3S/c1-17(2)12-9-7-11(8-10-12)15-16-13-5-3-4-6-14(13)21(18,19)20/h3-10H,1-2H3,(H,18,19,20). The van der Waals surface area contributed by atoms with Gasteiger partial charge in [-0.25, -0.2) is 0 Å². The highest BCUT2D eigenvalue weighted by Crippen LogP contribution is 2.26. The molecule has 6 nitrogen and oxygen atoms in total. The predicted molar refractivity (Wildman–Crippen MR) is 81.2 cm³/mol. The van der Waals surface area contributed by atoms with Gasteiger partial charge in [-0.1, -0.05) is 12.1 Å². The molecule has 0 bridgehead atoms. The zero-order chi connectivity index (χ0) is 15.5. The number of benzene rings is 2. The van der Waals surface area contributed by atoms with Crippen LogP contribution in [0.5, 0.6) is 0 Å². The van der Waals surface area contributed by atoms with Gasteiger partial charge in [0.25, 0.3) is 10.1 Å². The smallest absolute Gasteiger partial charge is 0.296 e. The highest BCUT2D eigenvalue weighted by molar-refractivity contribution is 7.86. The fourth-order valence-corrected chi connectivity index (χ4v) is 2.31. The monoisotopic (exact) mass is 305 g/mol. The first-order valence-electron chi connectivity index (χ1n) is 6.13. The summed E-state index contributed by atoms with van der Waals surface area (Å²) in [5.74, 6) is 0. The normalized spacial score (nSPS) is 11.8. The van der Waals surface area contributed by atoms with Crippen molar-refractivity contribution >= 4 is 27.2 Å². The molecule has 0 saturated carbocycles. The number of azo groups is 1. The Bertz CT molecular complexity index is 753. The van der Waals surface area contributed by atoms with Crippen molar-refractivity contribution in [1.82, 2.24) is 0 Å². The molecule has 1 N–H and O–H groups in total. The second kappa shape index (κ2) is 6.02. The van der Waals surface area contributed by atoms with Crippen molar-refractivity contribution in [1.29, 1.82) is 0 Å². The highest BCUT2D eigenvalue weighted by Gasteiger charge is 2.14. The van der Waals surface area contributed by atoms with Gasteiger partial charge >= 0.3 is 0 Å². The van der Waals surface area contributed by atoms with Crippen LogP contribution in [0.3, 0.4) is 0 Å². The summed E-state index contributed by atoms with van der Waals surface area (Å²) in [7, 11) is -0.457. The van der Waals surface area contributed by atoms with Crippen LogP contribution >= 0.6 is 0 Å². The van der Waals surface area contributed by atoms with Crippen molar-refractivity contribution in [2.24, 2.45) is 10.2 Å². The largest absolute Gasteiger partial charge is 0.378 e. The highest BCUT2D eigenvalue weighted by atomic mass is 32.2. The average molecular weight is 305 g/mol. The summed E-state index contributed by atoms with van der Waals surface area (Å²) < 4.78 is 31.6. The summed E-state index contributed by atoms with van der Waals surface area (Å²) in [4.78, 5) is 1.69. The van der Waals surface area contributed by atoms with E-state index in [-0.39, 0.29) is 10.6 Å². The summed E-state index contributed by atoms with van der Waals surface area (Å²) in [6, 6.07) is 13.2. The molecule has 0 spiro atoms. The van der Waals surface area contributed by atoms with Crippen LogP contribution in [0.1, 0.15) is 0 Å². The van der Waals surface area contributed by atoms with E-state index in [1.807, 2.05) is 31.1 Å². The Hall–Kier alpha value is -2.25. The second-order valence-electron chi connectivity index (χ2n) is 4.55. The van der Waals surface area contributed by atoms with Crippen LogP contribution in [-0.2, 0) is 10.1 Å². The molecule has 0 aromatic heterocycles. The van der Waals surface area contributed by atoms with Crippen molar-refractivity contribution in [3.63, 3.8) is 0 Å². The third kappa shape index (κ3) is 3.87. The van der Waals surface area contributed by atoms with Gasteiger partial charge in [0.05, 0.1) is 5.69 Å². The number of nitrogens with zero attached hydrogens (tertiary/aromatic N) is 3. The molecule has 2 rings (SSSR count). The van der Waals surface area contributed by atoms with E-state index in [0.717, 1.165) is 5.69 Å². The van der Waals surface area contributed by atoms with E-state index in [1.54, 1.807) is 18.2 Å². The second-order valence-corrected chi connectivity index (χ2v) is 5.94. The summed E-state index contributed by atoms with van der Waals surface area (Å²) in [5, 5.41) is 7.87. The van der Waals surface area contributed by atoms with Crippen molar-refractivity contribution < 1.29 is 13.0 Å². The maximum absolute atomic E-state index is 11.2. The number of hydrogen-bond acceptors (Lipinski definition) is 5. The van der Waals surface area contributed by atoms with E-state index in [9.17, 15) is 8.42 Å². The molecule has 110 valence electrons. The van der Waals surface area contributed by atoms with E-state index in [0.29, 0.717) is 5.69 Å². The van der Waals surface area contributed by atoms with Crippen molar-refractivity contribution in [3.8, 4) is 0 Å². The molecule has 0 unspecified atom stereocenters. The zero-order valence-corrected chi connectivity index (χ0v) is 12.4. The lowest BCUT2D eigenvalue weighted by molar-refractivity contribution is 0.483. The number of anilines is 1. The zero-order valence-electron chi connectivity index (χ0n) is 11.6.